The van der Waals surface area contributed by atoms with Crippen molar-refractivity contribution < 1.29 is 22.3 Å². The van der Waals surface area contributed by atoms with Crippen molar-refractivity contribution in [2.75, 3.05) is 11.8 Å². The molecule has 134 valence electrons. The summed E-state index contributed by atoms with van der Waals surface area (Å²) in [6, 6.07) is 7.26. The minimum Gasteiger partial charge on any atom is -0.465 e. The summed E-state index contributed by atoms with van der Waals surface area (Å²) in [7, 11) is -3.08. The lowest BCUT2D eigenvalue weighted by molar-refractivity contribution is 0.0599. The average molecular weight is 430 g/mol. The number of hydrogen-bond acceptors (Lipinski definition) is 4. The summed E-state index contributed by atoms with van der Waals surface area (Å²) < 4.78 is 46.8. The Hall–Kier alpha value is -1.93. The van der Waals surface area contributed by atoms with Gasteiger partial charge in [0.05, 0.1) is 18.4 Å². The number of carbonyl (C=O) groups is 1. The van der Waals surface area contributed by atoms with E-state index < -0.39 is 26.7 Å². The van der Waals surface area contributed by atoms with Crippen molar-refractivity contribution in [2.45, 2.75) is 25.2 Å². The summed E-state index contributed by atoms with van der Waals surface area (Å²) in [5.74, 6) is -1.74. The van der Waals surface area contributed by atoms with Gasteiger partial charge in [0.1, 0.15) is 10.7 Å². The fraction of sp³-hybridized carbons (Fsp3) is 0.235. The Bertz CT molecular complexity index is 928. The van der Waals surface area contributed by atoms with Gasteiger partial charge in [0, 0.05) is 4.47 Å². The third-order valence-corrected chi connectivity index (χ3v) is 5.71. The second-order valence-electron chi connectivity index (χ2n) is 5.32. The molecule has 0 bridgehead atoms. The molecule has 2 rings (SSSR count). The monoisotopic (exact) mass is 429 g/mol. The highest BCUT2D eigenvalue weighted by Gasteiger charge is 2.25. The highest BCUT2D eigenvalue weighted by molar-refractivity contribution is 9.10. The third kappa shape index (κ3) is 4.01. The first-order valence-electron chi connectivity index (χ1n) is 7.40. The molecule has 0 radical (unpaired) electrons. The maximum atomic E-state index is 14.3. The number of benzene rings is 2. The quantitative estimate of drug-likeness (QED) is 0.727. The first-order chi connectivity index (χ1) is 11.7. The molecule has 0 amide bonds. The van der Waals surface area contributed by atoms with Crippen LogP contribution in [0.2, 0.25) is 0 Å². The van der Waals surface area contributed by atoms with E-state index in [0.717, 1.165) is 24.8 Å². The fourth-order valence-corrected chi connectivity index (χ4v) is 4.10. The van der Waals surface area contributed by atoms with Crippen LogP contribution < -0.4 is 4.72 Å². The van der Waals surface area contributed by atoms with Gasteiger partial charge in [-0.05, 0) is 52.5 Å². The molecule has 0 saturated heterocycles. The predicted octanol–water partition coefficient (Wildman–Crippen LogP) is 4.05. The van der Waals surface area contributed by atoms with Gasteiger partial charge in [-0.2, -0.15) is 0 Å². The fourth-order valence-electron chi connectivity index (χ4n) is 2.36. The number of nitrogens with one attached hydrogen (secondary N) is 1. The molecule has 8 heteroatoms. The van der Waals surface area contributed by atoms with Crippen LogP contribution in [0.1, 0.15) is 28.4 Å². The van der Waals surface area contributed by atoms with E-state index in [-0.39, 0.29) is 10.0 Å². The maximum absolute atomic E-state index is 14.3. The molecule has 5 nitrogen and oxygen atoms in total. The zero-order chi connectivity index (χ0) is 18.8. The Morgan fingerprint density at radius 3 is 2.60 bits per heavy atom. The van der Waals surface area contributed by atoms with Crippen molar-refractivity contribution >= 4 is 37.6 Å². The van der Waals surface area contributed by atoms with Gasteiger partial charge >= 0.3 is 5.97 Å². The third-order valence-electron chi connectivity index (χ3n) is 3.69. The zero-order valence-electron chi connectivity index (χ0n) is 13.9. The Morgan fingerprint density at radius 2 is 2.00 bits per heavy atom. The van der Waals surface area contributed by atoms with Gasteiger partial charge in [-0.1, -0.05) is 25.1 Å². The summed E-state index contributed by atoms with van der Waals surface area (Å²) in [4.78, 5) is 11.1. The number of para-hydroxylation sites is 1. The molecule has 0 unspecified atom stereocenters. The number of anilines is 1. The standard InChI is InChI=1S/C17H17BrFNO4S/c1-4-11-7-5-6-10(2)16(11)20-25(22,23)15-8-12(17(21)24-3)13(18)9-14(15)19/h5-9,20H,4H2,1-3H3. The molecule has 0 saturated carbocycles. The van der Waals surface area contributed by atoms with Crippen LogP contribution in [-0.2, 0) is 21.2 Å². The van der Waals surface area contributed by atoms with Gasteiger partial charge in [-0.15, -0.1) is 0 Å². The van der Waals surface area contributed by atoms with E-state index in [0.29, 0.717) is 17.7 Å². The summed E-state index contributed by atoms with van der Waals surface area (Å²) in [6.07, 6.45) is 0.607. The first-order valence-corrected chi connectivity index (χ1v) is 9.67. The van der Waals surface area contributed by atoms with E-state index in [1.165, 1.54) is 0 Å². The minimum absolute atomic E-state index is 0.0789. The molecule has 0 aliphatic rings. The molecule has 2 aromatic carbocycles. The van der Waals surface area contributed by atoms with Crippen LogP contribution in [0.15, 0.2) is 39.7 Å². The molecule has 0 heterocycles. The largest absolute Gasteiger partial charge is 0.465 e. The normalized spacial score (nSPS) is 11.2. The lowest BCUT2D eigenvalue weighted by Gasteiger charge is -2.15. The number of carbonyl (C=O) groups excluding carboxylic acids is 1. The minimum atomic E-state index is -4.23. The number of aryl methyl sites for hydroxylation is 2. The van der Waals surface area contributed by atoms with Crippen LogP contribution in [0.4, 0.5) is 10.1 Å². The van der Waals surface area contributed by atoms with E-state index in [4.69, 9.17) is 0 Å². The first kappa shape index (κ1) is 19.4. The highest BCUT2D eigenvalue weighted by atomic mass is 79.9. The van der Waals surface area contributed by atoms with Gasteiger partial charge in [0.15, 0.2) is 0 Å². The Labute approximate surface area is 154 Å². The second-order valence-corrected chi connectivity index (χ2v) is 7.83. The van der Waals surface area contributed by atoms with Crippen molar-refractivity contribution in [3.63, 3.8) is 0 Å². The van der Waals surface area contributed by atoms with Gasteiger partial charge in [-0.3, -0.25) is 4.72 Å². The SMILES string of the molecule is CCc1cccc(C)c1NS(=O)(=O)c1cc(C(=O)OC)c(Br)cc1F. The Balaban J connectivity index is 2.56. The number of sulfonamides is 1. The van der Waals surface area contributed by atoms with E-state index in [1.54, 1.807) is 19.1 Å². The van der Waals surface area contributed by atoms with Crippen molar-refractivity contribution in [2.24, 2.45) is 0 Å². The second kappa shape index (κ2) is 7.53. The Kier molecular flexibility index (Phi) is 5.84. The Morgan fingerprint density at radius 1 is 1.32 bits per heavy atom. The van der Waals surface area contributed by atoms with Gasteiger partial charge in [0.2, 0.25) is 0 Å². The van der Waals surface area contributed by atoms with Gasteiger partial charge in [0.25, 0.3) is 10.0 Å². The molecular weight excluding hydrogens is 413 g/mol. The zero-order valence-corrected chi connectivity index (χ0v) is 16.3. The van der Waals surface area contributed by atoms with Crippen molar-refractivity contribution in [3.8, 4) is 0 Å². The number of methoxy groups -OCH3 is 1. The van der Waals surface area contributed by atoms with Crippen LogP contribution in [0.3, 0.4) is 0 Å². The number of halogens is 2. The van der Waals surface area contributed by atoms with Gasteiger partial charge in [-0.25, -0.2) is 17.6 Å². The average Bonchev–Trinajstić information content (AvgIpc) is 2.55. The smallest absolute Gasteiger partial charge is 0.339 e. The van der Waals surface area contributed by atoms with Gasteiger partial charge < -0.3 is 4.74 Å². The van der Waals surface area contributed by atoms with Crippen LogP contribution in [0.25, 0.3) is 0 Å². The maximum Gasteiger partial charge on any atom is 0.339 e. The van der Waals surface area contributed by atoms with Crippen molar-refractivity contribution in [1.82, 2.24) is 0 Å². The van der Waals surface area contributed by atoms with Crippen LogP contribution in [0.5, 0.6) is 0 Å². The van der Waals surface area contributed by atoms with E-state index >= 15 is 0 Å². The summed E-state index contributed by atoms with van der Waals surface area (Å²) >= 11 is 3.03. The number of hydrogen-bond donors (Lipinski definition) is 1. The lowest BCUT2D eigenvalue weighted by Crippen LogP contribution is -2.18. The molecule has 0 spiro atoms. The summed E-state index contributed by atoms with van der Waals surface area (Å²) in [6.45, 7) is 3.65. The number of ether oxygens (including phenoxy) is 1. The number of rotatable bonds is 5. The van der Waals surface area contributed by atoms with E-state index in [2.05, 4.69) is 25.4 Å². The molecule has 0 fully saturated rings. The molecule has 0 aliphatic heterocycles. The molecule has 1 N–H and O–H groups in total. The van der Waals surface area contributed by atoms with Crippen molar-refractivity contribution in [1.29, 1.82) is 0 Å². The topological polar surface area (TPSA) is 72.5 Å². The predicted molar refractivity (Wildman–Crippen MR) is 96.8 cm³/mol. The molecule has 0 aromatic heterocycles. The molecule has 25 heavy (non-hydrogen) atoms. The lowest BCUT2D eigenvalue weighted by atomic mass is 10.1. The summed E-state index contributed by atoms with van der Waals surface area (Å²) in [5.41, 5.74) is 1.83. The van der Waals surface area contributed by atoms with Crippen LogP contribution in [0, 0.1) is 12.7 Å². The molecule has 0 aliphatic carbocycles. The molecule has 2 aromatic rings. The summed E-state index contributed by atoms with van der Waals surface area (Å²) in [5, 5.41) is 0. The van der Waals surface area contributed by atoms with Crippen LogP contribution >= 0.6 is 15.9 Å². The number of esters is 1. The van der Waals surface area contributed by atoms with E-state index in [9.17, 15) is 17.6 Å². The van der Waals surface area contributed by atoms with Crippen LogP contribution in [-0.4, -0.2) is 21.5 Å². The van der Waals surface area contributed by atoms with Crippen molar-refractivity contribution in [3.05, 3.63) is 57.3 Å². The highest BCUT2D eigenvalue weighted by Crippen LogP contribution is 2.29. The molecular formula is C17H17BrFNO4S. The van der Waals surface area contributed by atoms with E-state index in [1.807, 2.05) is 13.0 Å². The molecule has 0 atom stereocenters.